The number of likely N-dealkylation sites (tertiary alicyclic amines) is 2. The monoisotopic (exact) mass is 386 g/mol. The lowest BCUT2D eigenvalue weighted by atomic mass is 9.87. The van der Waals surface area contributed by atoms with E-state index in [1.807, 2.05) is 11.0 Å². The van der Waals surface area contributed by atoms with Crippen molar-refractivity contribution in [1.29, 1.82) is 0 Å². The van der Waals surface area contributed by atoms with E-state index in [0.717, 1.165) is 25.2 Å². The molecule has 3 nitrogen and oxygen atoms in total. The van der Waals surface area contributed by atoms with E-state index in [2.05, 4.69) is 30.0 Å². The van der Waals surface area contributed by atoms with Crippen LogP contribution in [0.15, 0.2) is 42.5 Å². The maximum atomic E-state index is 13.3. The molecular weight excluding hydrogens is 363 g/mol. The minimum Gasteiger partial charge on any atom is -0.335 e. The van der Waals surface area contributed by atoms with Gasteiger partial charge in [0.25, 0.3) is 0 Å². The Morgan fingerprint density at radius 1 is 1.19 bits per heavy atom. The zero-order valence-corrected chi connectivity index (χ0v) is 16.4. The van der Waals surface area contributed by atoms with Crippen LogP contribution in [0.25, 0.3) is 0 Å². The zero-order chi connectivity index (χ0) is 19.1. The predicted octanol–water partition coefficient (Wildman–Crippen LogP) is 4.44. The highest BCUT2D eigenvalue weighted by Gasteiger charge is 2.48. The predicted molar refractivity (Wildman–Crippen MR) is 105 cm³/mol. The summed E-state index contributed by atoms with van der Waals surface area (Å²) in [4.78, 5) is 16.7. The van der Waals surface area contributed by atoms with Gasteiger partial charge in [-0.25, -0.2) is 4.39 Å². The number of amides is 1. The maximum absolute atomic E-state index is 13.3. The van der Waals surface area contributed by atoms with Gasteiger partial charge in [-0.3, -0.25) is 9.69 Å². The van der Waals surface area contributed by atoms with Gasteiger partial charge in [0.05, 0.1) is 6.04 Å². The highest BCUT2D eigenvalue weighted by molar-refractivity contribution is 6.31. The Morgan fingerprint density at radius 2 is 1.96 bits per heavy atom. The summed E-state index contributed by atoms with van der Waals surface area (Å²) in [6.07, 6.45) is 0. The van der Waals surface area contributed by atoms with Gasteiger partial charge < -0.3 is 4.90 Å². The Bertz CT molecular complexity index is 871. The normalized spacial score (nSPS) is 25.0. The van der Waals surface area contributed by atoms with Gasteiger partial charge in [0.1, 0.15) is 5.82 Å². The molecule has 4 rings (SSSR count). The number of fused-ring (bicyclic) bond motifs is 1. The molecule has 3 atom stereocenters. The number of halogens is 2. The molecule has 0 unspecified atom stereocenters. The van der Waals surface area contributed by atoms with Crippen molar-refractivity contribution < 1.29 is 9.18 Å². The summed E-state index contributed by atoms with van der Waals surface area (Å²) >= 11 is 6.22. The number of carbonyl (C=O) groups is 1. The maximum Gasteiger partial charge on any atom is 0.219 e. The molecule has 0 saturated carbocycles. The average molecular weight is 387 g/mol. The van der Waals surface area contributed by atoms with Crippen LogP contribution in [0.4, 0.5) is 4.39 Å². The number of hydrogen-bond acceptors (Lipinski definition) is 2. The molecule has 2 fully saturated rings. The first-order valence-electron chi connectivity index (χ1n) is 9.43. The van der Waals surface area contributed by atoms with Crippen molar-refractivity contribution in [3.05, 3.63) is 70.0 Å². The first-order valence-corrected chi connectivity index (χ1v) is 9.81. The van der Waals surface area contributed by atoms with Crippen molar-refractivity contribution in [1.82, 2.24) is 9.80 Å². The van der Waals surface area contributed by atoms with Crippen molar-refractivity contribution in [3.8, 4) is 0 Å². The first-order chi connectivity index (χ1) is 12.9. The summed E-state index contributed by atoms with van der Waals surface area (Å²) in [5.41, 5.74) is 3.44. The van der Waals surface area contributed by atoms with Crippen molar-refractivity contribution >= 4 is 17.5 Å². The molecule has 0 spiro atoms. The van der Waals surface area contributed by atoms with E-state index in [1.165, 1.54) is 23.3 Å². The number of aryl methyl sites for hydroxylation is 1. The van der Waals surface area contributed by atoms with Gasteiger partial charge >= 0.3 is 0 Å². The van der Waals surface area contributed by atoms with Crippen LogP contribution in [-0.4, -0.2) is 35.3 Å². The molecule has 0 bridgehead atoms. The van der Waals surface area contributed by atoms with Crippen LogP contribution >= 0.6 is 11.6 Å². The fraction of sp³-hybridized carbons (Fsp3) is 0.409. The van der Waals surface area contributed by atoms with Crippen LogP contribution in [-0.2, 0) is 11.3 Å². The summed E-state index contributed by atoms with van der Waals surface area (Å²) in [6.45, 7) is 7.15. The van der Waals surface area contributed by atoms with Crippen molar-refractivity contribution in [2.75, 3.05) is 19.6 Å². The number of carbonyl (C=O) groups excluding carboxylic acids is 1. The van der Waals surface area contributed by atoms with Crippen LogP contribution in [0.5, 0.6) is 0 Å². The molecule has 2 aromatic carbocycles. The van der Waals surface area contributed by atoms with Gasteiger partial charge in [-0.05, 0) is 41.7 Å². The lowest BCUT2D eigenvalue weighted by molar-refractivity contribution is -0.130. The average Bonchev–Trinajstić information content (AvgIpc) is 3.15. The Labute approximate surface area is 164 Å². The first kappa shape index (κ1) is 18.5. The van der Waals surface area contributed by atoms with E-state index in [4.69, 9.17) is 11.6 Å². The minimum atomic E-state index is -0.307. The molecular formula is C22H24ClFN2O. The summed E-state index contributed by atoms with van der Waals surface area (Å²) in [7, 11) is 0. The number of benzene rings is 2. The third-order valence-corrected chi connectivity index (χ3v) is 6.41. The Balaban J connectivity index is 1.57. The highest BCUT2D eigenvalue weighted by atomic mass is 35.5. The number of nitrogens with zero attached hydrogens (tertiary/aromatic N) is 2. The van der Waals surface area contributed by atoms with E-state index in [1.54, 1.807) is 13.0 Å². The van der Waals surface area contributed by atoms with Gasteiger partial charge in [-0.15, -0.1) is 0 Å². The molecule has 0 aromatic heterocycles. The molecule has 2 aliphatic rings. The van der Waals surface area contributed by atoms with Crippen LogP contribution in [0.2, 0.25) is 5.02 Å². The lowest BCUT2D eigenvalue weighted by Gasteiger charge is -2.30. The quantitative estimate of drug-likeness (QED) is 0.778. The molecule has 0 N–H and O–H groups in total. The van der Waals surface area contributed by atoms with Crippen molar-refractivity contribution in [2.24, 2.45) is 11.8 Å². The van der Waals surface area contributed by atoms with E-state index < -0.39 is 0 Å². The molecule has 0 aliphatic carbocycles. The van der Waals surface area contributed by atoms with Crippen molar-refractivity contribution in [3.63, 3.8) is 0 Å². The molecule has 142 valence electrons. The van der Waals surface area contributed by atoms with Gasteiger partial charge in [0.15, 0.2) is 0 Å². The summed E-state index contributed by atoms with van der Waals surface area (Å²) in [5, 5.41) is 0.480. The Morgan fingerprint density at radius 3 is 2.67 bits per heavy atom. The van der Waals surface area contributed by atoms with Crippen LogP contribution < -0.4 is 0 Å². The van der Waals surface area contributed by atoms with Crippen LogP contribution in [0.1, 0.15) is 29.7 Å². The molecule has 1 amide bonds. The fourth-order valence-electron chi connectivity index (χ4n) is 4.80. The summed E-state index contributed by atoms with van der Waals surface area (Å²) < 4.78 is 13.3. The van der Waals surface area contributed by atoms with Crippen LogP contribution in [0, 0.1) is 24.6 Å². The van der Waals surface area contributed by atoms with E-state index in [9.17, 15) is 9.18 Å². The second kappa shape index (κ2) is 7.25. The SMILES string of the molecule is CC(=O)N1C[C@H]2CN(Cc3ccc(F)cc3Cl)C[C@H]2[C@@H]1c1ccccc1C. The van der Waals surface area contributed by atoms with E-state index in [-0.39, 0.29) is 17.8 Å². The zero-order valence-electron chi connectivity index (χ0n) is 15.7. The number of hydrogen-bond donors (Lipinski definition) is 0. The van der Waals surface area contributed by atoms with Crippen LogP contribution in [0.3, 0.4) is 0 Å². The smallest absolute Gasteiger partial charge is 0.219 e. The lowest BCUT2D eigenvalue weighted by Crippen LogP contribution is -2.34. The Hall–Kier alpha value is -1.91. The minimum absolute atomic E-state index is 0.127. The third kappa shape index (κ3) is 3.48. The highest BCUT2D eigenvalue weighted by Crippen LogP contribution is 2.46. The molecule has 2 aliphatic heterocycles. The summed E-state index contributed by atoms with van der Waals surface area (Å²) in [6, 6.07) is 13.1. The molecule has 27 heavy (non-hydrogen) atoms. The largest absolute Gasteiger partial charge is 0.335 e. The third-order valence-electron chi connectivity index (χ3n) is 6.06. The van der Waals surface area contributed by atoms with Gasteiger partial charge in [-0.2, -0.15) is 0 Å². The van der Waals surface area contributed by atoms with Gasteiger partial charge in [0.2, 0.25) is 5.91 Å². The summed E-state index contributed by atoms with van der Waals surface area (Å²) in [5.74, 6) is 0.705. The second-order valence-corrected chi connectivity index (χ2v) is 8.23. The fourth-order valence-corrected chi connectivity index (χ4v) is 5.03. The van der Waals surface area contributed by atoms with Gasteiger partial charge in [-0.1, -0.05) is 41.9 Å². The van der Waals surface area contributed by atoms with Gasteiger partial charge in [0, 0.05) is 44.0 Å². The standard InChI is InChI=1S/C22H24ClFN2O/c1-14-5-3-4-6-19(14)22-20-13-25(11-17(20)12-26(22)15(2)27)10-16-7-8-18(24)9-21(16)23/h3-9,17,20,22H,10-13H2,1-2H3/t17-,20-,22+/m1/s1. The molecule has 0 radical (unpaired) electrons. The van der Waals surface area contributed by atoms with E-state index in [0.29, 0.717) is 23.4 Å². The number of rotatable bonds is 3. The second-order valence-electron chi connectivity index (χ2n) is 7.83. The molecule has 5 heteroatoms. The Kier molecular flexibility index (Phi) is 4.95. The molecule has 2 heterocycles. The topological polar surface area (TPSA) is 23.6 Å². The molecule has 2 aromatic rings. The molecule has 2 saturated heterocycles. The van der Waals surface area contributed by atoms with Crippen molar-refractivity contribution in [2.45, 2.75) is 26.4 Å². The van der Waals surface area contributed by atoms with E-state index >= 15 is 0 Å².